The highest BCUT2D eigenvalue weighted by molar-refractivity contribution is 8.00. The monoisotopic (exact) mass is 444 g/mol. The Labute approximate surface area is 180 Å². The zero-order chi connectivity index (χ0) is 23.4. The first-order valence-corrected chi connectivity index (χ1v) is 10.8. The van der Waals surface area contributed by atoms with Crippen LogP contribution in [0, 0.1) is 0 Å². The van der Waals surface area contributed by atoms with Crippen molar-refractivity contribution in [2.75, 3.05) is 12.3 Å². The Balaban J connectivity index is 3.02. The van der Waals surface area contributed by atoms with Gasteiger partial charge in [-0.2, -0.15) is 0 Å². The van der Waals surface area contributed by atoms with Gasteiger partial charge in [-0.05, 0) is 12.8 Å². The summed E-state index contributed by atoms with van der Waals surface area (Å²) in [6, 6.07) is -2.31. The number of hydrogen-bond acceptors (Lipinski definition) is 7. The standard InChI is InChI=1S/C19H29N3O7S/c1-2-3-4-5-12(23)8-13-9-20-14(19(28)29)6-7-16(24)22-15(11-30-13)18(27)21-10-17(25)26/h9,13-15H,2-8,10-11H2,1H3,(H,21,27)(H,22,24)(H,25,26)(H,28,29)/t13?,14-,15-/m0/s1/i8D/t8?,13?,14-,15-. The zero-order valence-electron chi connectivity index (χ0n) is 17.8. The average Bonchev–Trinajstić information content (AvgIpc) is 2.75. The molecule has 2 amide bonds. The number of Topliss-reactive ketones (excluding diaryl/α,β-unsaturated/α-hetero) is 1. The molecule has 1 aliphatic rings. The molecule has 0 radical (unpaired) electrons. The van der Waals surface area contributed by atoms with Crippen LogP contribution in [0.2, 0.25) is 0 Å². The van der Waals surface area contributed by atoms with E-state index in [0.29, 0.717) is 6.42 Å². The molecule has 4 N–H and O–H groups in total. The van der Waals surface area contributed by atoms with E-state index in [0.717, 1.165) is 24.6 Å². The van der Waals surface area contributed by atoms with Gasteiger partial charge in [-0.3, -0.25) is 24.2 Å². The molecule has 0 saturated heterocycles. The Morgan fingerprint density at radius 1 is 1.33 bits per heavy atom. The summed E-state index contributed by atoms with van der Waals surface area (Å²) in [5.74, 6) is -4.13. The van der Waals surface area contributed by atoms with Crippen molar-refractivity contribution < 1.29 is 35.6 Å². The number of carboxylic acids is 2. The molecule has 0 saturated carbocycles. The van der Waals surface area contributed by atoms with Gasteiger partial charge in [-0.1, -0.05) is 19.8 Å². The van der Waals surface area contributed by atoms with Crippen LogP contribution < -0.4 is 10.6 Å². The van der Waals surface area contributed by atoms with Crippen LogP contribution in [0.1, 0.15) is 53.2 Å². The number of rotatable bonds is 10. The second-order valence-corrected chi connectivity index (χ2v) is 8.02. The van der Waals surface area contributed by atoms with Crippen LogP contribution in [0.15, 0.2) is 4.99 Å². The number of hydrogen-bond donors (Lipinski definition) is 4. The molecule has 0 aromatic rings. The zero-order valence-corrected chi connectivity index (χ0v) is 17.7. The number of carboxylic acid groups (broad SMARTS) is 2. The summed E-state index contributed by atoms with van der Waals surface area (Å²) in [6.07, 6.45) is 2.35. The van der Waals surface area contributed by atoms with Gasteiger partial charge in [0.25, 0.3) is 0 Å². The van der Waals surface area contributed by atoms with Crippen molar-refractivity contribution in [3.63, 3.8) is 0 Å². The van der Waals surface area contributed by atoms with Crippen LogP contribution in [0.25, 0.3) is 0 Å². The minimum absolute atomic E-state index is 0.0385. The predicted octanol–water partition coefficient (Wildman–Crippen LogP) is 0.631. The van der Waals surface area contributed by atoms with Gasteiger partial charge in [0.2, 0.25) is 11.8 Å². The normalized spacial score (nSPS) is 24.0. The Morgan fingerprint density at radius 3 is 2.70 bits per heavy atom. The molecule has 1 rings (SSSR count). The summed E-state index contributed by atoms with van der Waals surface area (Å²) < 4.78 is 8.31. The Morgan fingerprint density at radius 2 is 2.07 bits per heavy atom. The lowest BCUT2D eigenvalue weighted by atomic mass is 10.1. The van der Waals surface area contributed by atoms with Crippen molar-refractivity contribution in [1.82, 2.24) is 10.6 Å². The first-order valence-electron chi connectivity index (χ1n) is 10.3. The fourth-order valence-electron chi connectivity index (χ4n) is 2.61. The summed E-state index contributed by atoms with van der Waals surface area (Å²) in [5.41, 5.74) is 0. The number of nitrogens with zero attached hydrogens (tertiary/aromatic N) is 1. The number of carbonyl (C=O) groups is 5. The summed E-state index contributed by atoms with van der Waals surface area (Å²) in [5, 5.41) is 21.9. The lowest BCUT2D eigenvalue weighted by Gasteiger charge is -2.19. The number of amides is 2. The molecular weight excluding hydrogens is 414 g/mol. The van der Waals surface area contributed by atoms with Gasteiger partial charge >= 0.3 is 11.9 Å². The highest BCUT2D eigenvalue weighted by Crippen LogP contribution is 2.19. The number of aliphatic imine (C=N–C) groups is 1. The molecule has 1 heterocycles. The molecule has 30 heavy (non-hydrogen) atoms. The van der Waals surface area contributed by atoms with Gasteiger partial charge in [0.05, 0.1) is 0 Å². The van der Waals surface area contributed by atoms with Gasteiger partial charge in [-0.25, -0.2) is 4.79 Å². The predicted molar refractivity (Wildman–Crippen MR) is 112 cm³/mol. The van der Waals surface area contributed by atoms with Crippen molar-refractivity contribution in [2.45, 2.75) is 69.2 Å². The lowest BCUT2D eigenvalue weighted by molar-refractivity contribution is -0.139. The van der Waals surface area contributed by atoms with E-state index in [9.17, 15) is 29.1 Å². The maximum Gasteiger partial charge on any atom is 0.328 e. The van der Waals surface area contributed by atoms with Crippen molar-refractivity contribution in [2.24, 2.45) is 4.99 Å². The number of nitrogens with one attached hydrogen (secondary N) is 2. The van der Waals surface area contributed by atoms with Crippen molar-refractivity contribution >= 4 is 47.5 Å². The van der Waals surface area contributed by atoms with Gasteiger partial charge in [0.15, 0.2) is 0 Å². The third kappa shape index (κ3) is 10.4. The van der Waals surface area contributed by atoms with Crippen LogP contribution >= 0.6 is 11.8 Å². The molecule has 0 aliphatic carbocycles. The van der Waals surface area contributed by atoms with Gasteiger partial charge in [0, 0.05) is 37.8 Å². The quantitative estimate of drug-likeness (QED) is 0.357. The molecule has 168 valence electrons. The van der Waals surface area contributed by atoms with Gasteiger partial charge in [0.1, 0.15) is 24.4 Å². The molecule has 1 aliphatic heterocycles. The van der Waals surface area contributed by atoms with Gasteiger partial charge in [-0.15, -0.1) is 11.8 Å². The summed E-state index contributed by atoms with van der Waals surface area (Å²) >= 11 is 1.02. The Kier molecular flexibility index (Phi) is 10.9. The SMILES string of the molecule is [2H]C(C(=O)CCCCC)C1C=N[C@H](C(=O)O)CCC(=O)N[C@H](C(=O)NCC(=O)O)CS1. The first kappa shape index (κ1) is 23.8. The Hall–Kier alpha value is -2.43. The van der Waals surface area contributed by atoms with Crippen LogP contribution in [0.3, 0.4) is 0 Å². The van der Waals surface area contributed by atoms with E-state index in [1.54, 1.807) is 0 Å². The van der Waals surface area contributed by atoms with E-state index in [2.05, 4.69) is 15.6 Å². The van der Waals surface area contributed by atoms with Gasteiger partial charge < -0.3 is 20.8 Å². The number of ketones is 1. The van der Waals surface area contributed by atoms with Crippen molar-refractivity contribution in [1.29, 1.82) is 0 Å². The summed E-state index contributed by atoms with van der Waals surface area (Å²) in [6.45, 7) is 1.37. The molecule has 10 nitrogen and oxygen atoms in total. The molecule has 0 aromatic carbocycles. The minimum Gasteiger partial charge on any atom is -0.480 e. The lowest BCUT2D eigenvalue weighted by Crippen LogP contribution is -2.49. The highest BCUT2D eigenvalue weighted by atomic mass is 32.2. The van der Waals surface area contributed by atoms with Crippen molar-refractivity contribution in [3.05, 3.63) is 0 Å². The number of carbonyl (C=O) groups excluding carboxylic acids is 3. The van der Waals surface area contributed by atoms with E-state index in [1.165, 1.54) is 6.21 Å². The van der Waals surface area contributed by atoms with E-state index in [-0.39, 0.29) is 30.8 Å². The molecule has 11 heteroatoms. The van der Waals surface area contributed by atoms with Crippen LogP contribution in [0.5, 0.6) is 0 Å². The number of thioether (sulfide) groups is 1. The first-order chi connectivity index (χ1) is 14.6. The topological polar surface area (TPSA) is 162 Å². The summed E-state index contributed by atoms with van der Waals surface area (Å²) in [4.78, 5) is 63.0. The van der Waals surface area contributed by atoms with Crippen LogP contribution in [0.4, 0.5) is 0 Å². The highest BCUT2D eigenvalue weighted by Gasteiger charge is 2.26. The second kappa shape index (κ2) is 13.7. The molecule has 4 atom stereocenters. The van der Waals surface area contributed by atoms with E-state index in [1.807, 2.05) is 6.92 Å². The maximum atomic E-state index is 12.4. The van der Waals surface area contributed by atoms with Crippen molar-refractivity contribution in [3.8, 4) is 0 Å². The molecule has 0 fully saturated rings. The minimum atomic E-state index is -1.25. The molecule has 0 aromatic heterocycles. The third-order valence-corrected chi connectivity index (χ3v) is 5.41. The Bertz CT molecular complexity index is 704. The van der Waals surface area contributed by atoms with Crippen LogP contribution in [-0.4, -0.2) is 75.6 Å². The fourth-order valence-corrected chi connectivity index (χ4v) is 3.66. The van der Waals surface area contributed by atoms with E-state index < -0.39 is 54.0 Å². The number of unbranched alkanes of at least 4 members (excludes halogenated alkanes) is 2. The molecular formula is C19H29N3O7S. The molecule has 0 bridgehead atoms. The largest absolute Gasteiger partial charge is 0.480 e. The van der Waals surface area contributed by atoms with Crippen LogP contribution in [-0.2, 0) is 24.0 Å². The second-order valence-electron chi connectivity index (χ2n) is 6.81. The summed E-state index contributed by atoms with van der Waals surface area (Å²) in [7, 11) is 0. The molecule has 0 spiro atoms. The van der Waals surface area contributed by atoms with E-state index >= 15 is 0 Å². The maximum absolute atomic E-state index is 12.4. The third-order valence-electron chi connectivity index (χ3n) is 4.24. The number of aliphatic carboxylic acids is 2. The average molecular weight is 445 g/mol. The smallest absolute Gasteiger partial charge is 0.328 e. The molecule has 2 unspecified atom stereocenters. The fraction of sp³-hybridized carbons (Fsp3) is 0.684. The van der Waals surface area contributed by atoms with E-state index in [4.69, 9.17) is 6.48 Å².